The van der Waals surface area contributed by atoms with E-state index in [0.29, 0.717) is 16.4 Å². The molecule has 20 heavy (non-hydrogen) atoms. The molecule has 1 unspecified atom stereocenters. The summed E-state index contributed by atoms with van der Waals surface area (Å²) in [6.45, 7) is 0.905. The lowest BCUT2D eigenvalue weighted by Gasteiger charge is -2.26. The van der Waals surface area contributed by atoms with Crippen LogP contribution in [0, 0.1) is 0 Å². The van der Waals surface area contributed by atoms with Crippen LogP contribution in [0.15, 0.2) is 17.0 Å². The van der Waals surface area contributed by atoms with E-state index in [0.717, 1.165) is 31.4 Å². The van der Waals surface area contributed by atoms with Crippen LogP contribution in [0.5, 0.6) is 11.5 Å². The number of ether oxygens (including phenoxy) is 2. The fourth-order valence-electron chi connectivity index (χ4n) is 2.59. The first-order valence-electron chi connectivity index (χ1n) is 6.66. The Labute approximate surface area is 120 Å². The quantitative estimate of drug-likeness (QED) is 0.920. The number of piperidine rings is 1. The second-order valence-corrected chi connectivity index (χ2v) is 7.00. The Morgan fingerprint density at radius 1 is 1.15 bits per heavy atom. The lowest BCUT2D eigenvalue weighted by Crippen LogP contribution is -2.28. The molecule has 1 atom stereocenters. The monoisotopic (exact) mass is 299 g/mol. The normalized spacial score (nSPS) is 19.6. The highest BCUT2D eigenvalue weighted by Crippen LogP contribution is 2.37. The first-order chi connectivity index (χ1) is 9.47. The van der Waals surface area contributed by atoms with E-state index in [1.54, 1.807) is 19.2 Å². The number of nitrogens with one attached hydrogen (secondary N) is 1. The van der Waals surface area contributed by atoms with Crippen molar-refractivity contribution in [1.82, 2.24) is 5.32 Å². The van der Waals surface area contributed by atoms with Gasteiger partial charge >= 0.3 is 0 Å². The summed E-state index contributed by atoms with van der Waals surface area (Å²) in [5.74, 6) is 0.995. The highest BCUT2D eigenvalue weighted by molar-refractivity contribution is 7.90. The van der Waals surface area contributed by atoms with Gasteiger partial charge in [0.1, 0.15) is 0 Å². The number of hydrogen-bond acceptors (Lipinski definition) is 5. The maximum absolute atomic E-state index is 12.0. The molecule has 112 valence electrons. The lowest BCUT2D eigenvalue weighted by atomic mass is 9.97. The Morgan fingerprint density at radius 2 is 1.80 bits per heavy atom. The highest BCUT2D eigenvalue weighted by Gasteiger charge is 2.25. The van der Waals surface area contributed by atoms with E-state index in [4.69, 9.17) is 9.47 Å². The molecule has 5 nitrogen and oxygen atoms in total. The lowest BCUT2D eigenvalue weighted by molar-refractivity contribution is 0.350. The van der Waals surface area contributed by atoms with Crippen molar-refractivity contribution in [3.05, 3.63) is 17.7 Å². The number of rotatable bonds is 4. The summed E-state index contributed by atoms with van der Waals surface area (Å²) in [6.07, 6.45) is 4.37. The van der Waals surface area contributed by atoms with Gasteiger partial charge in [0.25, 0.3) is 0 Å². The van der Waals surface area contributed by atoms with E-state index in [1.165, 1.54) is 13.4 Å². The Kier molecular flexibility index (Phi) is 4.55. The van der Waals surface area contributed by atoms with Gasteiger partial charge in [0.2, 0.25) is 0 Å². The van der Waals surface area contributed by atoms with Crippen LogP contribution in [0.1, 0.15) is 30.9 Å². The summed E-state index contributed by atoms with van der Waals surface area (Å²) >= 11 is 0. The fraction of sp³-hybridized carbons (Fsp3) is 0.571. The Bertz CT molecular complexity index is 577. The van der Waals surface area contributed by atoms with E-state index in [2.05, 4.69) is 5.32 Å². The van der Waals surface area contributed by atoms with E-state index < -0.39 is 9.84 Å². The molecule has 1 N–H and O–H groups in total. The molecule has 1 aliphatic heterocycles. The summed E-state index contributed by atoms with van der Waals surface area (Å²) in [5, 5.41) is 3.38. The van der Waals surface area contributed by atoms with Gasteiger partial charge in [-0.2, -0.15) is 0 Å². The van der Waals surface area contributed by atoms with Crippen LogP contribution in [-0.2, 0) is 9.84 Å². The van der Waals surface area contributed by atoms with Crippen LogP contribution < -0.4 is 14.8 Å². The fourth-order valence-corrected chi connectivity index (χ4v) is 3.54. The molecule has 1 saturated heterocycles. The molecule has 0 amide bonds. The minimum Gasteiger partial charge on any atom is -0.493 e. The molecule has 1 aliphatic rings. The molecule has 0 bridgehead atoms. The molecule has 0 spiro atoms. The van der Waals surface area contributed by atoms with Gasteiger partial charge in [-0.3, -0.25) is 0 Å². The zero-order valence-electron chi connectivity index (χ0n) is 12.1. The second kappa shape index (κ2) is 6.01. The largest absolute Gasteiger partial charge is 0.493 e. The van der Waals surface area contributed by atoms with Crippen LogP contribution >= 0.6 is 0 Å². The third-order valence-electron chi connectivity index (χ3n) is 3.60. The summed E-state index contributed by atoms with van der Waals surface area (Å²) in [5.41, 5.74) is 0.768. The third-order valence-corrected chi connectivity index (χ3v) is 4.75. The molecule has 2 rings (SSSR count). The molecule has 0 radical (unpaired) electrons. The summed E-state index contributed by atoms with van der Waals surface area (Å²) in [7, 11) is -0.262. The van der Waals surface area contributed by atoms with Crippen LogP contribution in [-0.4, -0.2) is 35.4 Å². The molecule has 0 aromatic heterocycles. The molecule has 1 fully saturated rings. The number of sulfone groups is 1. The van der Waals surface area contributed by atoms with Gasteiger partial charge < -0.3 is 14.8 Å². The molecule has 6 heteroatoms. The standard InChI is InChI=1S/C14H21NO4S/c1-18-12-8-10(11-6-4-5-7-15-11)14(20(3,16)17)9-13(12)19-2/h8-9,11,15H,4-7H2,1-3H3. The van der Waals surface area contributed by atoms with Crippen molar-refractivity contribution < 1.29 is 17.9 Å². The van der Waals surface area contributed by atoms with Gasteiger partial charge in [-0.15, -0.1) is 0 Å². The van der Waals surface area contributed by atoms with E-state index >= 15 is 0 Å². The number of benzene rings is 1. The van der Waals surface area contributed by atoms with E-state index in [-0.39, 0.29) is 6.04 Å². The van der Waals surface area contributed by atoms with E-state index in [1.807, 2.05) is 0 Å². The minimum absolute atomic E-state index is 0.0493. The van der Waals surface area contributed by atoms with Gasteiger partial charge in [-0.05, 0) is 31.0 Å². The summed E-state index contributed by atoms with van der Waals surface area (Å²) in [4.78, 5) is 0.314. The molecular formula is C14H21NO4S. The highest BCUT2D eigenvalue weighted by atomic mass is 32.2. The first kappa shape index (κ1) is 15.1. The predicted octanol–water partition coefficient (Wildman–Crippen LogP) is 1.92. The van der Waals surface area contributed by atoms with Gasteiger partial charge in [0.05, 0.1) is 19.1 Å². The zero-order chi connectivity index (χ0) is 14.8. The molecule has 1 heterocycles. The van der Waals surface area contributed by atoms with Crippen molar-refractivity contribution >= 4 is 9.84 Å². The zero-order valence-corrected chi connectivity index (χ0v) is 12.9. The van der Waals surface area contributed by atoms with Crippen molar-refractivity contribution in [1.29, 1.82) is 0 Å². The van der Waals surface area contributed by atoms with Crippen molar-refractivity contribution in [2.45, 2.75) is 30.2 Å². The van der Waals surface area contributed by atoms with Crippen LogP contribution in [0.3, 0.4) is 0 Å². The SMILES string of the molecule is COc1cc(C2CCCCN2)c(S(C)(=O)=O)cc1OC. The topological polar surface area (TPSA) is 64.6 Å². The molecule has 1 aromatic rings. The Hall–Kier alpha value is -1.27. The maximum atomic E-state index is 12.0. The van der Waals surface area contributed by atoms with Crippen molar-refractivity contribution in [2.75, 3.05) is 27.0 Å². The van der Waals surface area contributed by atoms with Crippen molar-refractivity contribution in [3.63, 3.8) is 0 Å². The average Bonchev–Trinajstić information content (AvgIpc) is 2.45. The average molecular weight is 299 g/mol. The summed E-state index contributed by atoms with van der Waals surface area (Å²) in [6, 6.07) is 3.38. The Morgan fingerprint density at radius 3 is 2.30 bits per heavy atom. The van der Waals surface area contributed by atoms with Crippen LogP contribution in [0.4, 0.5) is 0 Å². The predicted molar refractivity (Wildman–Crippen MR) is 77.3 cm³/mol. The number of methoxy groups -OCH3 is 2. The van der Waals surface area contributed by atoms with Crippen LogP contribution in [0.2, 0.25) is 0 Å². The first-order valence-corrected chi connectivity index (χ1v) is 8.56. The molecule has 0 aliphatic carbocycles. The number of hydrogen-bond donors (Lipinski definition) is 1. The van der Waals surface area contributed by atoms with E-state index in [9.17, 15) is 8.42 Å². The molecular weight excluding hydrogens is 278 g/mol. The Balaban J connectivity index is 2.57. The molecule has 0 saturated carbocycles. The van der Waals surface area contributed by atoms with Gasteiger partial charge in [-0.25, -0.2) is 8.42 Å². The second-order valence-electron chi connectivity index (χ2n) is 5.02. The van der Waals surface area contributed by atoms with Crippen molar-refractivity contribution in [3.8, 4) is 11.5 Å². The van der Waals surface area contributed by atoms with Gasteiger partial charge in [-0.1, -0.05) is 6.42 Å². The van der Waals surface area contributed by atoms with Crippen molar-refractivity contribution in [2.24, 2.45) is 0 Å². The minimum atomic E-state index is -3.32. The van der Waals surface area contributed by atoms with Gasteiger partial charge in [0.15, 0.2) is 21.3 Å². The maximum Gasteiger partial charge on any atom is 0.175 e. The molecule has 1 aromatic carbocycles. The van der Waals surface area contributed by atoms with Crippen LogP contribution in [0.25, 0.3) is 0 Å². The third kappa shape index (κ3) is 3.07. The smallest absolute Gasteiger partial charge is 0.175 e. The van der Waals surface area contributed by atoms with Gasteiger partial charge in [0, 0.05) is 18.4 Å². The summed E-state index contributed by atoms with van der Waals surface area (Å²) < 4.78 is 34.6.